The van der Waals surface area contributed by atoms with Crippen LogP contribution in [-0.4, -0.2) is 27.9 Å². The Morgan fingerprint density at radius 2 is 1.91 bits per heavy atom. The van der Waals surface area contributed by atoms with Gasteiger partial charge in [-0.1, -0.05) is 29.8 Å². The molecule has 1 amide bonds. The van der Waals surface area contributed by atoms with E-state index in [1.54, 1.807) is 31.3 Å². The van der Waals surface area contributed by atoms with Crippen LogP contribution in [0.15, 0.2) is 42.5 Å². The molecule has 0 aliphatic heterocycles. The molecule has 0 spiro atoms. The number of halogens is 1. The topological polar surface area (TPSA) is 83.7 Å². The zero-order chi connectivity index (χ0) is 17.0. The van der Waals surface area contributed by atoms with Crippen molar-refractivity contribution in [3.8, 4) is 5.75 Å². The summed E-state index contributed by atoms with van der Waals surface area (Å²) < 4.78 is 0. The zero-order valence-electron chi connectivity index (χ0n) is 12.4. The second kappa shape index (κ2) is 7.11. The lowest BCUT2D eigenvalue weighted by Gasteiger charge is -2.17. The van der Waals surface area contributed by atoms with Crippen LogP contribution in [0.2, 0.25) is 5.02 Å². The summed E-state index contributed by atoms with van der Waals surface area (Å²) in [6.07, 6.45) is 0.0609. The number of nitro groups is 1. The monoisotopic (exact) mass is 334 g/mol. The van der Waals surface area contributed by atoms with Crippen LogP contribution in [0.5, 0.6) is 5.75 Å². The highest BCUT2D eigenvalue weighted by Crippen LogP contribution is 2.23. The van der Waals surface area contributed by atoms with Crippen LogP contribution in [0.3, 0.4) is 0 Å². The van der Waals surface area contributed by atoms with Gasteiger partial charge in [0.1, 0.15) is 5.75 Å². The predicted octanol–water partition coefficient (Wildman–Crippen LogP) is 3.15. The largest absolute Gasteiger partial charge is 0.508 e. The van der Waals surface area contributed by atoms with Gasteiger partial charge in [-0.2, -0.15) is 0 Å². The Morgan fingerprint density at radius 1 is 1.26 bits per heavy atom. The summed E-state index contributed by atoms with van der Waals surface area (Å²) in [5.41, 5.74) is 1.32. The number of phenols is 1. The van der Waals surface area contributed by atoms with Gasteiger partial charge in [0.05, 0.1) is 16.4 Å². The third-order valence-corrected chi connectivity index (χ3v) is 3.72. The van der Waals surface area contributed by atoms with Crippen LogP contribution >= 0.6 is 11.6 Å². The highest BCUT2D eigenvalue weighted by Gasteiger charge is 2.15. The predicted molar refractivity (Wildman–Crippen MR) is 86.4 cm³/mol. The highest BCUT2D eigenvalue weighted by atomic mass is 35.5. The molecule has 0 fully saturated rings. The van der Waals surface area contributed by atoms with Crippen LogP contribution in [0.4, 0.5) is 5.69 Å². The van der Waals surface area contributed by atoms with E-state index in [1.807, 2.05) is 0 Å². The molecule has 0 heterocycles. The van der Waals surface area contributed by atoms with E-state index in [9.17, 15) is 20.0 Å². The van der Waals surface area contributed by atoms with Gasteiger partial charge in [-0.25, -0.2) is 0 Å². The average Bonchev–Trinajstić information content (AvgIpc) is 2.51. The Bertz CT molecular complexity index is 731. The molecule has 0 saturated carbocycles. The number of likely N-dealkylation sites (N-methyl/N-ethyl adjacent to an activating group) is 1. The van der Waals surface area contributed by atoms with Crippen molar-refractivity contribution >= 4 is 23.2 Å². The van der Waals surface area contributed by atoms with E-state index in [0.29, 0.717) is 12.1 Å². The quantitative estimate of drug-likeness (QED) is 0.672. The maximum Gasteiger partial charge on any atom is 0.270 e. The number of phenolic OH excluding ortho intramolecular Hbond substituents is 1. The fourth-order valence-corrected chi connectivity index (χ4v) is 2.30. The van der Waals surface area contributed by atoms with E-state index >= 15 is 0 Å². The maximum atomic E-state index is 12.2. The molecule has 2 rings (SSSR count). The number of non-ortho nitro benzene ring substituents is 1. The fourth-order valence-electron chi connectivity index (χ4n) is 2.05. The van der Waals surface area contributed by atoms with Crippen molar-refractivity contribution in [3.05, 3.63) is 68.7 Å². The molecule has 120 valence electrons. The van der Waals surface area contributed by atoms with Crippen molar-refractivity contribution in [1.29, 1.82) is 0 Å². The van der Waals surface area contributed by atoms with Gasteiger partial charge in [0, 0.05) is 25.7 Å². The molecule has 23 heavy (non-hydrogen) atoms. The summed E-state index contributed by atoms with van der Waals surface area (Å²) in [5, 5.41) is 20.1. The second-order valence-corrected chi connectivity index (χ2v) is 5.53. The van der Waals surface area contributed by atoms with Crippen LogP contribution < -0.4 is 0 Å². The molecule has 0 aliphatic rings. The molecule has 0 aromatic heterocycles. The molecular formula is C16H15ClN2O4. The number of hydrogen-bond donors (Lipinski definition) is 1. The summed E-state index contributed by atoms with van der Waals surface area (Å²) in [5.74, 6) is 0.00854. The van der Waals surface area contributed by atoms with Gasteiger partial charge in [-0.3, -0.25) is 14.9 Å². The molecule has 0 bridgehead atoms. The normalized spacial score (nSPS) is 10.3. The molecule has 0 aliphatic carbocycles. The summed E-state index contributed by atoms with van der Waals surface area (Å²) in [4.78, 5) is 23.9. The molecule has 2 aromatic rings. The first-order valence-corrected chi connectivity index (χ1v) is 7.19. The number of carbonyl (C=O) groups is 1. The van der Waals surface area contributed by atoms with Gasteiger partial charge in [0.2, 0.25) is 5.91 Å². The minimum atomic E-state index is -0.533. The summed E-state index contributed by atoms with van der Waals surface area (Å²) in [6, 6.07) is 10.6. The average molecular weight is 335 g/mol. The van der Waals surface area contributed by atoms with E-state index in [-0.39, 0.29) is 28.8 Å². The standard InChI is InChI=1S/C16H15ClN2O4/c1-18(10-11-2-6-14(20)7-3-11)16(21)8-12-4-5-13(19(22)23)9-15(12)17/h2-7,9,20H,8,10H2,1H3. The second-order valence-electron chi connectivity index (χ2n) is 5.13. The van der Waals surface area contributed by atoms with E-state index in [4.69, 9.17) is 11.6 Å². The van der Waals surface area contributed by atoms with Gasteiger partial charge >= 0.3 is 0 Å². The van der Waals surface area contributed by atoms with Gasteiger partial charge in [-0.05, 0) is 23.3 Å². The van der Waals surface area contributed by atoms with Crippen LogP contribution in [0, 0.1) is 10.1 Å². The molecule has 0 unspecified atom stereocenters. The van der Waals surface area contributed by atoms with Crippen molar-refractivity contribution in [3.63, 3.8) is 0 Å². The Balaban J connectivity index is 2.03. The van der Waals surface area contributed by atoms with Crippen molar-refractivity contribution in [2.45, 2.75) is 13.0 Å². The molecule has 2 aromatic carbocycles. The first-order chi connectivity index (χ1) is 10.9. The number of hydrogen-bond acceptors (Lipinski definition) is 4. The Labute approximate surface area is 138 Å². The summed E-state index contributed by atoms with van der Waals surface area (Å²) in [7, 11) is 1.66. The summed E-state index contributed by atoms with van der Waals surface area (Å²) in [6.45, 7) is 0.393. The first kappa shape index (κ1) is 16.8. The van der Waals surface area contributed by atoms with Crippen molar-refractivity contribution in [1.82, 2.24) is 4.90 Å². The third-order valence-electron chi connectivity index (χ3n) is 3.37. The third kappa shape index (κ3) is 4.43. The molecule has 1 N–H and O–H groups in total. The lowest BCUT2D eigenvalue weighted by molar-refractivity contribution is -0.384. The van der Waals surface area contributed by atoms with E-state index < -0.39 is 4.92 Å². The van der Waals surface area contributed by atoms with E-state index in [1.165, 1.54) is 23.1 Å². The molecular weight excluding hydrogens is 320 g/mol. The number of benzene rings is 2. The fraction of sp³-hybridized carbons (Fsp3) is 0.188. The van der Waals surface area contributed by atoms with Crippen molar-refractivity contribution in [2.75, 3.05) is 7.05 Å². The minimum Gasteiger partial charge on any atom is -0.508 e. The van der Waals surface area contributed by atoms with Crippen LogP contribution in [0.25, 0.3) is 0 Å². The smallest absolute Gasteiger partial charge is 0.270 e. The number of aromatic hydroxyl groups is 1. The summed E-state index contributed by atoms with van der Waals surface area (Å²) >= 11 is 6.00. The SMILES string of the molecule is CN(Cc1ccc(O)cc1)C(=O)Cc1ccc([N+](=O)[O-])cc1Cl. The number of carbonyl (C=O) groups excluding carboxylic acids is 1. The number of nitrogens with zero attached hydrogens (tertiary/aromatic N) is 2. The van der Waals surface area contributed by atoms with Crippen molar-refractivity contribution in [2.24, 2.45) is 0 Å². The lowest BCUT2D eigenvalue weighted by atomic mass is 10.1. The van der Waals surface area contributed by atoms with Gasteiger partial charge in [-0.15, -0.1) is 0 Å². The Kier molecular flexibility index (Phi) is 5.18. The maximum absolute atomic E-state index is 12.2. The molecule has 0 atom stereocenters. The Hall–Kier alpha value is -2.60. The zero-order valence-corrected chi connectivity index (χ0v) is 13.2. The number of amides is 1. The van der Waals surface area contributed by atoms with Gasteiger partial charge in [0.25, 0.3) is 5.69 Å². The molecule has 0 saturated heterocycles. The van der Waals surface area contributed by atoms with Gasteiger partial charge in [0.15, 0.2) is 0 Å². The molecule has 0 radical (unpaired) electrons. The van der Waals surface area contributed by atoms with Crippen LogP contribution in [0.1, 0.15) is 11.1 Å². The van der Waals surface area contributed by atoms with Gasteiger partial charge < -0.3 is 10.0 Å². The molecule has 7 heteroatoms. The Morgan fingerprint density at radius 3 is 2.48 bits per heavy atom. The molecule has 6 nitrogen and oxygen atoms in total. The van der Waals surface area contributed by atoms with Crippen molar-refractivity contribution < 1.29 is 14.8 Å². The minimum absolute atomic E-state index is 0.0609. The lowest BCUT2D eigenvalue weighted by Crippen LogP contribution is -2.27. The van der Waals surface area contributed by atoms with E-state index in [0.717, 1.165) is 5.56 Å². The number of rotatable bonds is 5. The first-order valence-electron chi connectivity index (χ1n) is 6.81. The highest BCUT2D eigenvalue weighted by molar-refractivity contribution is 6.31. The number of nitro benzene ring substituents is 1. The van der Waals surface area contributed by atoms with Crippen LogP contribution in [-0.2, 0) is 17.8 Å². The van der Waals surface area contributed by atoms with E-state index in [2.05, 4.69) is 0 Å².